The fourth-order valence-corrected chi connectivity index (χ4v) is 2.53. The van der Waals surface area contributed by atoms with Gasteiger partial charge in [0.15, 0.2) is 0 Å². The topological polar surface area (TPSA) is 28.2 Å². The Balaban J connectivity index is 2.72. The van der Waals surface area contributed by atoms with Crippen molar-refractivity contribution in [2.24, 2.45) is 11.8 Å². The highest BCUT2D eigenvalue weighted by atomic mass is 19.1. The lowest BCUT2D eigenvalue weighted by Crippen LogP contribution is -2.39. The molecule has 0 bridgehead atoms. The van der Waals surface area contributed by atoms with Gasteiger partial charge in [0.2, 0.25) is 0 Å². The monoisotopic (exact) mass is 281 g/mol. The van der Waals surface area contributed by atoms with E-state index >= 15 is 0 Å². The zero-order valence-electron chi connectivity index (χ0n) is 13.5. The summed E-state index contributed by atoms with van der Waals surface area (Å²) in [5.74, 6) is 0.732. The number of halogens is 1. The smallest absolute Gasteiger partial charge is 0.141 e. The maximum absolute atomic E-state index is 13.0. The van der Waals surface area contributed by atoms with Crippen molar-refractivity contribution in [2.45, 2.75) is 39.8 Å². The van der Waals surface area contributed by atoms with Crippen LogP contribution in [-0.4, -0.2) is 36.6 Å². The molecule has 3 atom stereocenters. The van der Waals surface area contributed by atoms with Gasteiger partial charge in [-0.3, -0.25) is 4.98 Å². The largest absolute Gasteiger partial charge is 0.311 e. The highest BCUT2D eigenvalue weighted by Gasteiger charge is 2.22. The minimum atomic E-state index is -0.290. The molecule has 1 N–H and O–H groups in total. The molecule has 4 heteroatoms. The Bertz CT molecular complexity index is 391. The number of hydrogen-bond acceptors (Lipinski definition) is 3. The molecule has 20 heavy (non-hydrogen) atoms. The summed E-state index contributed by atoms with van der Waals surface area (Å²) >= 11 is 0. The first-order valence-electron chi connectivity index (χ1n) is 7.35. The molecule has 1 heterocycles. The molecule has 0 spiro atoms. The Morgan fingerprint density at radius 1 is 1.25 bits per heavy atom. The molecule has 0 radical (unpaired) electrons. The van der Waals surface area contributed by atoms with Crippen LogP contribution in [0, 0.1) is 17.7 Å². The molecule has 0 fully saturated rings. The second kappa shape index (κ2) is 7.70. The zero-order valence-corrected chi connectivity index (χ0v) is 13.5. The van der Waals surface area contributed by atoms with Gasteiger partial charge in [-0.2, -0.15) is 0 Å². The first-order chi connectivity index (χ1) is 9.36. The van der Waals surface area contributed by atoms with E-state index < -0.39 is 0 Å². The average Bonchev–Trinajstić information content (AvgIpc) is 2.40. The van der Waals surface area contributed by atoms with E-state index in [0.717, 1.165) is 12.2 Å². The Morgan fingerprint density at radius 3 is 2.35 bits per heavy atom. The molecule has 0 aliphatic heterocycles. The highest BCUT2D eigenvalue weighted by molar-refractivity contribution is 5.10. The summed E-state index contributed by atoms with van der Waals surface area (Å²) in [4.78, 5) is 6.58. The molecule has 0 aromatic carbocycles. The number of rotatable bonds is 7. The Morgan fingerprint density at radius 2 is 1.90 bits per heavy atom. The Kier molecular flexibility index (Phi) is 6.56. The van der Waals surface area contributed by atoms with Gasteiger partial charge in [0.1, 0.15) is 5.82 Å². The van der Waals surface area contributed by atoms with Crippen LogP contribution in [0.25, 0.3) is 0 Å². The molecule has 0 saturated heterocycles. The highest BCUT2D eigenvalue weighted by Crippen LogP contribution is 2.22. The van der Waals surface area contributed by atoms with Crippen LogP contribution in [0.2, 0.25) is 0 Å². The SMILES string of the molecule is CNC(c1ccc(F)cn1)C(C)CN(C)C(C)C(C)C. The van der Waals surface area contributed by atoms with Crippen LogP contribution in [-0.2, 0) is 0 Å². The van der Waals surface area contributed by atoms with Crippen LogP contribution in [0.5, 0.6) is 0 Å². The van der Waals surface area contributed by atoms with E-state index in [0.29, 0.717) is 17.9 Å². The van der Waals surface area contributed by atoms with Crippen LogP contribution < -0.4 is 5.32 Å². The third-order valence-electron chi connectivity index (χ3n) is 4.18. The van der Waals surface area contributed by atoms with Gasteiger partial charge in [-0.05, 0) is 45.0 Å². The van der Waals surface area contributed by atoms with Crippen molar-refractivity contribution in [3.05, 3.63) is 29.8 Å². The van der Waals surface area contributed by atoms with E-state index in [-0.39, 0.29) is 11.9 Å². The van der Waals surface area contributed by atoms with Crippen molar-refractivity contribution in [3.8, 4) is 0 Å². The molecular formula is C16H28FN3. The van der Waals surface area contributed by atoms with Crippen molar-refractivity contribution in [3.63, 3.8) is 0 Å². The lowest BCUT2D eigenvalue weighted by Gasteiger charge is -2.33. The normalized spacial score (nSPS) is 16.4. The zero-order chi connectivity index (χ0) is 15.3. The van der Waals surface area contributed by atoms with E-state index in [9.17, 15) is 4.39 Å². The summed E-state index contributed by atoms with van der Waals surface area (Å²) in [5.41, 5.74) is 0.895. The maximum Gasteiger partial charge on any atom is 0.141 e. The van der Waals surface area contributed by atoms with Gasteiger partial charge in [-0.25, -0.2) is 4.39 Å². The van der Waals surface area contributed by atoms with E-state index in [2.05, 4.69) is 49.9 Å². The lowest BCUT2D eigenvalue weighted by atomic mass is 9.96. The summed E-state index contributed by atoms with van der Waals surface area (Å²) < 4.78 is 13.0. The molecule has 1 rings (SSSR count). The molecule has 0 amide bonds. The van der Waals surface area contributed by atoms with Gasteiger partial charge in [0.25, 0.3) is 0 Å². The number of nitrogens with one attached hydrogen (secondary N) is 1. The quantitative estimate of drug-likeness (QED) is 0.832. The maximum atomic E-state index is 13.0. The van der Waals surface area contributed by atoms with Crippen molar-refractivity contribution < 1.29 is 4.39 Å². The van der Waals surface area contributed by atoms with Gasteiger partial charge in [0, 0.05) is 12.6 Å². The molecule has 114 valence electrons. The molecule has 3 unspecified atom stereocenters. The average molecular weight is 281 g/mol. The van der Waals surface area contributed by atoms with Crippen molar-refractivity contribution >= 4 is 0 Å². The Hall–Kier alpha value is -1.00. The van der Waals surface area contributed by atoms with E-state index in [4.69, 9.17) is 0 Å². The predicted octanol–water partition coefficient (Wildman–Crippen LogP) is 3.09. The standard InChI is InChI=1S/C16H28FN3/c1-11(2)13(4)20(6)10-12(3)16(18-5)15-8-7-14(17)9-19-15/h7-9,11-13,16,18H,10H2,1-6H3. The molecule has 3 nitrogen and oxygen atoms in total. The first-order valence-corrected chi connectivity index (χ1v) is 7.35. The van der Waals surface area contributed by atoms with Crippen LogP contribution >= 0.6 is 0 Å². The Labute approximate surface area is 122 Å². The predicted molar refractivity (Wildman–Crippen MR) is 82.1 cm³/mol. The van der Waals surface area contributed by atoms with Gasteiger partial charge in [0.05, 0.1) is 17.9 Å². The third kappa shape index (κ3) is 4.53. The molecule has 0 aliphatic carbocycles. The second-order valence-corrected chi connectivity index (χ2v) is 6.07. The summed E-state index contributed by atoms with van der Waals surface area (Å²) in [7, 11) is 4.09. The first kappa shape index (κ1) is 17.1. The lowest BCUT2D eigenvalue weighted by molar-refractivity contribution is 0.168. The molecule has 0 saturated carbocycles. The van der Waals surface area contributed by atoms with E-state index in [1.54, 1.807) is 6.07 Å². The molecule has 0 aliphatic rings. The van der Waals surface area contributed by atoms with Gasteiger partial charge >= 0.3 is 0 Å². The third-order valence-corrected chi connectivity index (χ3v) is 4.18. The summed E-state index contributed by atoms with van der Waals surface area (Å²) in [5, 5.41) is 3.30. The fraction of sp³-hybridized carbons (Fsp3) is 0.688. The van der Waals surface area contributed by atoms with Crippen molar-refractivity contribution in [1.82, 2.24) is 15.2 Å². The van der Waals surface area contributed by atoms with Crippen LogP contribution in [0.1, 0.15) is 39.4 Å². The van der Waals surface area contributed by atoms with Gasteiger partial charge in [-0.15, -0.1) is 0 Å². The fourth-order valence-electron chi connectivity index (χ4n) is 2.53. The molecule has 1 aromatic heterocycles. The van der Waals surface area contributed by atoms with Gasteiger partial charge < -0.3 is 10.2 Å². The number of pyridine rings is 1. The molecular weight excluding hydrogens is 253 g/mol. The summed E-state index contributed by atoms with van der Waals surface area (Å²) in [6, 6.07) is 3.91. The van der Waals surface area contributed by atoms with E-state index in [1.165, 1.54) is 12.3 Å². The molecule has 1 aromatic rings. The summed E-state index contributed by atoms with van der Waals surface area (Å²) in [6.07, 6.45) is 1.28. The van der Waals surface area contributed by atoms with Crippen LogP contribution in [0.4, 0.5) is 4.39 Å². The van der Waals surface area contributed by atoms with Crippen molar-refractivity contribution in [1.29, 1.82) is 0 Å². The minimum Gasteiger partial charge on any atom is -0.311 e. The van der Waals surface area contributed by atoms with Crippen LogP contribution in [0.15, 0.2) is 18.3 Å². The van der Waals surface area contributed by atoms with Crippen molar-refractivity contribution in [2.75, 3.05) is 20.6 Å². The number of aromatic nitrogens is 1. The summed E-state index contributed by atoms with van der Waals surface area (Å²) in [6.45, 7) is 9.91. The number of nitrogens with zero attached hydrogens (tertiary/aromatic N) is 2. The minimum absolute atomic E-state index is 0.136. The second-order valence-electron chi connectivity index (χ2n) is 6.07. The number of hydrogen-bond donors (Lipinski definition) is 1. The van der Waals surface area contributed by atoms with Crippen LogP contribution in [0.3, 0.4) is 0 Å². The van der Waals surface area contributed by atoms with Gasteiger partial charge in [-0.1, -0.05) is 20.8 Å². The van der Waals surface area contributed by atoms with E-state index in [1.807, 2.05) is 7.05 Å².